The third-order valence-corrected chi connectivity index (χ3v) is 6.20. The van der Waals surface area contributed by atoms with Crippen molar-refractivity contribution >= 4 is 34.2 Å². The Morgan fingerprint density at radius 3 is 2.64 bits per heavy atom. The van der Waals surface area contributed by atoms with Crippen LogP contribution < -0.4 is 10.2 Å². The molecule has 1 aromatic heterocycles. The highest BCUT2D eigenvalue weighted by Gasteiger charge is 2.19. The molecule has 1 heterocycles. The Bertz CT molecular complexity index is 756. The van der Waals surface area contributed by atoms with E-state index in [2.05, 4.69) is 28.4 Å². The smallest absolute Gasteiger partial charge is 0.221 e. The van der Waals surface area contributed by atoms with Gasteiger partial charge in [0.25, 0.3) is 0 Å². The highest BCUT2D eigenvalue weighted by atomic mass is 35.5. The van der Waals surface area contributed by atoms with Crippen molar-refractivity contribution < 1.29 is 4.79 Å². The number of amides is 1. The molecule has 0 unspecified atom stereocenters. The highest BCUT2D eigenvalue weighted by molar-refractivity contribution is 7.09. The summed E-state index contributed by atoms with van der Waals surface area (Å²) >= 11 is 7.35. The summed E-state index contributed by atoms with van der Waals surface area (Å²) in [7, 11) is 0. The van der Waals surface area contributed by atoms with E-state index in [0.717, 1.165) is 34.4 Å². The Labute approximate surface area is 176 Å². The van der Waals surface area contributed by atoms with Gasteiger partial charge >= 0.3 is 0 Å². The van der Waals surface area contributed by atoms with Gasteiger partial charge in [0.1, 0.15) is 5.82 Å². The number of hydrogen-bond donors (Lipinski definition) is 1. The van der Waals surface area contributed by atoms with Crippen LogP contribution in [0.5, 0.6) is 0 Å². The van der Waals surface area contributed by atoms with Crippen LogP contribution in [0.4, 0.5) is 5.13 Å². The maximum Gasteiger partial charge on any atom is 0.221 e. The molecule has 0 spiro atoms. The van der Waals surface area contributed by atoms with Crippen molar-refractivity contribution in [2.75, 3.05) is 11.4 Å². The molecule has 0 aliphatic heterocycles. The van der Waals surface area contributed by atoms with Crippen LogP contribution in [0.15, 0.2) is 24.3 Å². The number of rotatable bonds is 8. The highest BCUT2D eigenvalue weighted by Crippen LogP contribution is 2.22. The molecule has 1 aromatic carbocycles. The number of carbonyl (C=O) groups is 1. The standard InChI is InChI=1S/C21H29ClN4OS/c1-15(2)26(13-12-20(27)23-18-6-4-3-5-7-18)21-24-19(25-28-21)14-16-8-10-17(22)11-9-16/h8-11,15,18H,3-7,12-14H2,1-2H3,(H,23,27). The van der Waals surface area contributed by atoms with E-state index in [1.165, 1.54) is 30.8 Å². The molecule has 3 rings (SSSR count). The summed E-state index contributed by atoms with van der Waals surface area (Å²) in [5.41, 5.74) is 1.14. The predicted octanol–water partition coefficient (Wildman–Crippen LogP) is 4.84. The number of hydrogen-bond acceptors (Lipinski definition) is 5. The maximum atomic E-state index is 12.4. The minimum absolute atomic E-state index is 0.142. The molecule has 0 saturated heterocycles. The molecule has 0 bridgehead atoms. The van der Waals surface area contributed by atoms with Gasteiger partial charge in [-0.2, -0.15) is 4.37 Å². The monoisotopic (exact) mass is 420 g/mol. The van der Waals surface area contributed by atoms with Gasteiger partial charge in [-0.1, -0.05) is 43.0 Å². The first-order valence-corrected chi connectivity index (χ1v) is 11.3. The van der Waals surface area contributed by atoms with E-state index in [0.29, 0.717) is 25.4 Å². The molecule has 1 aliphatic carbocycles. The lowest BCUT2D eigenvalue weighted by Gasteiger charge is -2.27. The molecular formula is C21H29ClN4OS. The lowest BCUT2D eigenvalue weighted by molar-refractivity contribution is -0.121. The van der Waals surface area contributed by atoms with E-state index in [4.69, 9.17) is 16.6 Å². The zero-order valence-corrected chi connectivity index (χ0v) is 18.2. The van der Waals surface area contributed by atoms with E-state index in [1.807, 2.05) is 24.3 Å². The van der Waals surface area contributed by atoms with Crippen LogP contribution in [-0.2, 0) is 11.2 Å². The van der Waals surface area contributed by atoms with Crippen molar-refractivity contribution in [2.24, 2.45) is 0 Å². The van der Waals surface area contributed by atoms with E-state index in [-0.39, 0.29) is 11.9 Å². The van der Waals surface area contributed by atoms with Crippen LogP contribution in [0.2, 0.25) is 5.02 Å². The molecule has 5 nitrogen and oxygen atoms in total. The lowest BCUT2D eigenvalue weighted by atomic mass is 9.95. The van der Waals surface area contributed by atoms with Crippen molar-refractivity contribution in [1.82, 2.24) is 14.7 Å². The molecule has 0 radical (unpaired) electrons. The molecule has 1 amide bonds. The van der Waals surface area contributed by atoms with Crippen molar-refractivity contribution in [1.29, 1.82) is 0 Å². The molecule has 7 heteroatoms. The first kappa shape index (κ1) is 21.1. The molecule has 1 fully saturated rings. The Hall–Kier alpha value is -1.66. The fraction of sp³-hybridized carbons (Fsp3) is 0.571. The number of benzene rings is 1. The topological polar surface area (TPSA) is 58.1 Å². The average Bonchev–Trinajstić information content (AvgIpc) is 3.12. The van der Waals surface area contributed by atoms with Gasteiger partial charge in [0, 0.05) is 48.0 Å². The van der Waals surface area contributed by atoms with Gasteiger partial charge in [0.15, 0.2) is 0 Å². The number of halogens is 1. The van der Waals surface area contributed by atoms with Crippen molar-refractivity contribution in [2.45, 2.75) is 70.9 Å². The summed E-state index contributed by atoms with van der Waals surface area (Å²) in [6.07, 6.45) is 7.15. The SMILES string of the molecule is CC(C)N(CCC(=O)NC1CCCCC1)c1nc(Cc2ccc(Cl)cc2)ns1. The first-order valence-electron chi connectivity index (χ1n) is 10.1. The van der Waals surface area contributed by atoms with E-state index < -0.39 is 0 Å². The van der Waals surface area contributed by atoms with Crippen molar-refractivity contribution in [3.8, 4) is 0 Å². The summed E-state index contributed by atoms with van der Waals surface area (Å²) in [5.74, 6) is 0.947. The fourth-order valence-electron chi connectivity index (χ4n) is 3.56. The average molecular weight is 421 g/mol. The number of carbonyl (C=O) groups excluding carboxylic acids is 1. The number of anilines is 1. The summed E-state index contributed by atoms with van der Waals surface area (Å²) < 4.78 is 4.51. The normalized spacial score (nSPS) is 15.0. The molecule has 152 valence electrons. The molecular weight excluding hydrogens is 392 g/mol. The Balaban J connectivity index is 1.55. The third kappa shape index (κ3) is 6.17. The van der Waals surface area contributed by atoms with Gasteiger partial charge in [0.05, 0.1) is 0 Å². The Kier molecular flexibility index (Phi) is 7.68. The van der Waals surface area contributed by atoms with Gasteiger partial charge in [-0.05, 0) is 44.4 Å². The van der Waals surface area contributed by atoms with Crippen LogP contribution in [0.25, 0.3) is 0 Å². The Morgan fingerprint density at radius 1 is 1.25 bits per heavy atom. The van der Waals surface area contributed by atoms with Gasteiger partial charge in [-0.15, -0.1) is 0 Å². The number of nitrogens with zero attached hydrogens (tertiary/aromatic N) is 3. The van der Waals surface area contributed by atoms with Crippen LogP contribution >= 0.6 is 23.1 Å². The van der Waals surface area contributed by atoms with Crippen LogP contribution in [0.3, 0.4) is 0 Å². The van der Waals surface area contributed by atoms with Gasteiger partial charge < -0.3 is 10.2 Å². The lowest BCUT2D eigenvalue weighted by Crippen LogP contribution is -2.39. The molecule has 28 heavy (non-hydrogen) atoms. The first-order chi connectivity index (χ1) is 13.5. The molecule has 0 atom stereocenters. The quantitative estimate of drug-likeness (QED) is 0.664. The summed E-state index contributed by atoms with van der Waals surface area (Å²) in [6.45, 7) is 4.91. The van der Waals surface area contributed by atoms with E-state index in [1.54, 1.807) is 0 Å². The second-order valence-electron chi connectivity index (χ2n) is 7.74. The van der Waals surface area contributed by atoms with Crippen LogP contribution in [0.1, 0.15) is 63.8 Å². The summed E-state index contributed by atoms with van der Waals surface area (Å²) in [6, 6.07) is 8.39. The third-order valence-electron chi connectivity index (χ3n) is 5.15. The minimum Gasteiger partial charge on any atom is -0.353 e. The van der Waals surface area contributed by atoms with Gasteiger partial charge in [0.2, 0.25) is 11.0 Å². The fourth-order valence-corrected chi connectivity index (χ4v) is 4.53. The number of nitrogens with one attached hydrogen (secondary N) is 1. The second-order valence-corrected chi connectivity index (χ2v) is 8.90. The van der Waals surface area contributed by atoms with Gasteiger partial charge in [-0.3, -0.25) is 4.79 Å². The molecule has 1 saturated carbocycles. The van der Waals surface area contributed by atoms with E-state index in [9.17, 15) is 4.79 Å². The molecule has 1 aliphatic rings. The zero-order chi connectivity index (χ0) is 19.9. The van der Waals surface area contributed by atoms with Gasteiger partial charge in [-0.25, -0.2) is 4.98 Å². The minimum atomic E-state index is 0.142. The summed E-state index contributed by atoms with van der Waals surface area (Å²) in [5, 5.41) is 4.81. The second kappa shape index (κ2) is 10.2. The van der Waals surface area contributed by atoms with E-state index >= 15 is 0 Å². The molecule has 2 aromatic rings. The maximum absolute atomic E-state index is 12.4. The predicted molar refractivity (Wildman–Crippen MR) is 116 cm³/mol. The number of aromatic nitrogens is 2. The van der Waals surface area contributed by atoms with Crippen molar-refractivity contribution in [3.05, 3.63) is 40.7 Å². The Morgan fingerprint density at radius 2 is 1.96 bits per heavy atom. The molecule has 1 N–H and O–H groups in total. The summed E-state index contributed by atoms with van der Waals surface area (Å²) in [4.78, 5) is 19.2. The zero-order valence-electron chi connectivity index (χ0n) is 16.7. The largest absolute Gasteiger partial charge is 0.353 e. The van der Waals surface area contributed by atoms with Crippen molar-refractivity contribution in [3.63, 3.8) is 0 Å². The van der Waals surface area contributed by atoms with Crippen LogP contribution in [0, 0.1) is 0 Å². The van der Waals surface area contributed by atoms with Crippen LogP contribution in [-0.4, -0.2) is 33.9 Å².